The molecule has 1 saturated heterocycles. The molecule has 1 aliphatic rings. The van der Waals surface area contributed by atoms with Gasteiger partial charge in [-0.3, -0.25) is 14.5 Å². The van der Waals surface area contributed by atoms with Crippen molar-refractivity contribution in [1.82, 2.24) is 10.2 Å². The number of morpholine rings is 1. The molecule has 33 heavy (non-hydrogen) atoms. The normalized spacial score (nSPS) is 16.3. The van der Waals surface area contributed by atoms with Gasteiger partial charge in [-0.1, -0.05) is 19.9 Å². The van der Waals surface area contributed by atoms with Gasteiger partial charge in [0.15, 0.2) is 6.61 Å². The quantitative estimate of drug-likeness (QED) is 0.573. The Morgan fingerprint density at radius 3 is 2.67 bits per heavy atom. The van der Waals surface area contributed by atoms with Crippen molar-refractivity contribution in [1.29, 1.82) is 0 Å². The molecule has 0 spiro atoms. The lowest BCUT2D eigenvalue weighted by Crippen LogP contribution is -2.48. The van der Waals surface area contributed by atoms with Gasteiger partial charge < -0.3 is 24.8 Å². The van der Waals surface area contributed by atoms with E-state index < -0.39 is 0 Å². The Bertz CT molecular complexity index is 917. The van der Waals surface area contributed by atoms with E-state index in [-0.39, 0.29) is 24.5 Å². The molecular formula is C25H33N3O5. The van der Waals surface area contributed by atoms with E-state index >= 15 is 0 Å². The SMILES string of the molecule is COc1cccc(NC(=O)COc2ccc(C(=O)NCC3CN(CC(C)C)CCO3)cc2)c1. The van der Waals surface area contributed by atoms with E-state index in [1.54, 1.807) is 55.6 Å². The van der Waals surface area contributed by atoms with Crippen molar-refractivity contribution in [2.24, 2.45) is 5.92 Å². The Balaban J connectivity index is 1.41. The van der Waals surface area contributed by atoms with E-state index in [2.05, 4.69) is 29.4 Å². The predicted molar refractivity (Wildman–Crippen MR) is 127 cm³/mol. The molecule has 178 valence electrons. The number of amides is 2. The Kier molecular flexibility index (Phi) is 9.09. The number of carbonyl (C=O) groups excluding carboxylic acids is 2. The standard InChI is InChI=1S/C25H33N3O5/c1-18(2)15-28-11-12-32-23(16-28)14-26-25(30)19-7-9-21(10-8-19)33-17-24(29)27-20-5-4-6-22(13-20)31-3/h4-10,13,18,23H,11-12,14-17H2,1-3H3,(H,26,30)(H,27,29). The highest BCUT2D eigenvalue weighted by Crippen LogP contribution is 2.17. The molecule has 0 bridgehead atoms. The molecule has 8 heteroatoms. The van der Waals surface area contributed by atoms with Crippen LogP contribution < -0.4 is 20.1 Å². The number of benzene rings is 2. The maximum absolute atomic E-state index is 12.5. The van der Waals surface area contributed by atoms with Crippen molar-refractivity contribution in [2.45, 2.75) is 20.0 Å². The number of hydrogen-bond donors (Lipinski definition) is 2. The predicted octanol–water partition coefficient (Wildman–Crippen LogP) is 2.80. The Morgan fingerprint density at radius 1 is 1.15 bits per heavy atom. The van der Waals surface area contributed by atoms with Crippen LogP contribution >= 0.6 is 0 Å². The summed E-state index contributed by atoms with van der Waals surface area (Å²) in [6.07, 6.45) is -0.00727. The molecule has 8 nitrogen and oxygen atoms in total. The largest absolute Gasteiger partial charge is 0.497 e. The lowest BCUT2D eigenvalue weighted by molar-refractivity contribution is -0.118. The van der Waals surface area contributed by atoms with Crippen molar-refractivity contribution >= 4 is 17.5 Å². The van der Waals surface area contributed by atoms with Crippen molar-refractivity contribution in [2.75, 3.05) is 51.8 Å². The molecule has 2 amide bonds. The molecule has 0 aromatic heterocycles. The monoisotopic (exact) mass is 455 g/mol. The summed E-state index contributed by atoms with van der Waals surface area (Å²) >= 11 is 0. The zero-order valence-electron chi connectivity index (χ0n) is 19.5. The second kappa shape index (κ2) is 12.2. The van der Waals surface area contributed by atoms with Gasteiger partial charge in [-0.2, -0.15) is 0 Å². The van der Waals surface area contributed by atoms with Gasteiger partial charge in [0, 0.05) is 43.5 Å². The molecule has 2 N–H and O–H groups in total. The molecule has 1 fully saturated rings. The van der Waals surface area contributed by atoms with E-state index in [0.717, 1.165) is 19.6 Å². The molecule has 1 aliphatic heterocycles. The Morgan fingerprint density at radius 2 is 1.94 bits per heavy atom. The molecule has 0 saturated carbocycles. The lowest BCUT2D eigenvalue weighted by Gasteiger charge is -2.33. The number of anilines is 1. The summed E-state index contributed by atoms with van der Waals surface area (Å²) in [4.78, 5) is 27.0. The maximum Gasteiger partial charge on any atom is 0.262 e. The van der Waals surface area contributed by atoms with E-state index in [1.165, 1.54) is 0 Å². The summed E-state index contributed by atoms with van der Waals surface area (Å²) in [7, 11) is 1.57. The first kappa shape index (κ1) is 24.5. The highest BCUT2D eigenvalue weighted by atomic mass is 16.5. The molecule has 1 atom stereocenters. The summed E-state index contributed by atoms with van der Waals surface area (Å²) in [6, 6.07) is 13.8. The molecule has 0 radical (unpaired) electrons. The second-order valence-electron chi connectivity index (χ2n) is 8.45. The van der Waals surface area contributed by atoms with E-state index in [1.807, 2.05) is 0 Å². The van der Waals surface area contributed by atoms with Gasteiger partial charge in [-0.05, 0) is 42.3 Å². The van der Waals surface area contributed by atoms with Crippen LogP contribution in [0.4, 0.5) is 5.69 Å². The summed E-state index contributed by atoms with van der Waals surface area (Å²) in [5, 5.41) is 5.70. The number of rotatable bonds is 10. The summed E-state index contributed by atoms with van der Waals surface area (Å²) in [6.45, 7) is 8.20. The fourth-order valence-electron chi connectivity index (χ4n) is 3.64. The smallest absolute Gasteiger partial charge is 0.262 e. The molecule has 2 aromatic carbocycles. The van der Waals surface area contributed by atoms with Gasteiger partial charge in [0.25, 0.3) is 11.8 Å². The van der Waals surface area contributed by atoms with Crippen LogP contribution in [0, 0.1) is 5.92 Å². The minimum absolute atomic E-state index is 0.00727. The van der Waals surface area contributed by atoms with Gasteiger partial charge in [-0.25, -0.2) is 0 Å². The third-order valence-electron chi connectivity index (χ3n) is 5.18. The number of methoxy groups -OCH3 is 1. The summed E-state index contributed by atoms with van der Waals surface area (Å²) < 4.78 is 16.5. The average Bonchev–Trinajstić information content (AvgIpc) is 2.81. The van der Waals surface area contributed by atoms with E-state index in [9.17, 15) is 9.59 Å². The lowest BCUT2D eigenvalue weighted by atomic mass is 10.1. The second-order valence-corrected chi connectivity index (χ2v) is 8.45. The molecule has 1 heterocycles. The highest BCUT2D eigenvalue weighted by molar-refractivity contribution is 5.94. The number of nitrogens with zero attached hydrogens (tertiary/aromatic N) is 1. The zero-order chi connectivity index (χ0) is 23.6. The fraction of sp³-hybridized carbons (Fsp3) is 0.440. The number of hydrogen-bond acceptors (Lipinski definition) is 6. The van der Waals surface area contributed by atoms with Crippen molar-refractivity contribution < 1.29 is 23.8 Å². The first-order valence-corrected chi connectivity index (χ1v) is 11.2. The summed E-state index contributed by atoms with van der Waals surface area (Å²) in [5.41, 5.74) is 1.15. The third kappa shape index (κ3) is 8.07. The van der Waals surface area contributed by atoms with Crippen molar-refractivity contribution in [3.8, 4) is 11.5 Å². The van der Waals surface area contributed by atoms with Gasteiger partial charge in [0.05, 0.1) is 19.8 Å². The first-order valence-electron chi connectivity index (χ1n) is 11.2. The minimum Gasteiger partial charge on any atom is -0.497 e. The van der Waals surface area contributed by atoms with Crippen LogP contribution in [0.2, 0.25) is 0 Å². The van der Waals surface area contributed by atoms with E-state index in [4.69, 9.17) is 14.2 Å². The molecule has 1 unspecified atom stereocenters. The number of nitrogens with one attached hydrogen (secondary N) is 2. The van der Waals surface area contributed by atoms with Crippen LogP contribution in [0.5, 0.6) is 11.5 Å². The highest BCUT2D eigenvalue weighted by Gasteiger charge is 2.21. The van der Waals surface area contributed by atoms with Crippen molar-refractivity contribution in [3.05, 3.63) is 54.1 Å². The fourth-order valence-corrected chi connectivity index (χ4v) is 3.64. The Labute approximate surface area is 195 Å². The van der Waals surface area contributed by atoms with Crippen LogP contribution in [-0.4, -0.2) is 69.3 Å². The maximum atomic E-state index is 12.5. The number of carbonyl (C=O) groups is 2. The third-order valence-corrected chi connectivity index (χ3v) is 5.18. The van der Waals surface area contributed by atoms with Gasteiger partial charge >= 0.3 is 0 Å². The van der Waals surface area contributed by atoms with Crippen molar-refractivity contribution in [3.63, 3.8) is 0 Å². The summed E-state index contributed by atoms with van der Waals surface area (Å²) in [5.74, 6) is 1.32. The average molecular weight is 456 g/mol. The van der Waals surface area contributed by atoms with Crippen LogP contribution in [0.25, 0.3) is 0 Å². The van der Waals surface area contributed by atoms with Crippen LogP contribution in [-0.2, 0) is 9.53 Å². The molecule has 0 aliphatic carbocycles. The Hall–Kier alpha value is -3.10. The zero-order valence-corrected chi connectivity index (χ0v) is 19.5. The van der Waals surface area contributed by atoms with Gasteiger partial charge in [0.1, 0.15) is 11.5 Å². The molecular weight excluding hydrogens is 422 g/mol. The minimum atomic E-state index is -0.288. The van der Waals surface area contributed by atoms with Gasteiger partial charge in [0.2, 0.25) is 0 Å². The van der Waals surface area contributed by atoms with E-state index in [0.29, 0.717) is 41.8 Å². The molecule has 3 rings (SSSR count). The molecule has 2 aromatic rings. The first-order chi connectivity index (χ1) is 15.9. The van der Waals surface area contributed by atoms with Crippen LogP contribution in [0.1, 0.15) is 24.2 Å². The van der Waals surface area contributed by atoms with Gasteiger partial charge in [-0.15, -0.1) is 0 Å². The van der Waals surface area contributed by atoms with Crippen LogP contribution in [0.15, 0.2) is 48.5 Å². The number of ether oxygens (including phenoxy) is 3. The topological polar surface area (TPSA) is 89.1 Å². The van der Waals surface area contributed by atoms with Crippen LogP contribution in [0.3, 0.4) is 0 Å².